The average Bonchev–Trinajstić information content (AvgIpc) is 2.63. The molecule has 0 fully saturated rings. The first-order valence-electron chi connectivity index (χ1n) is 8.13. The molecule has 2 aromatic heterocycles. The van der Waals surface area contributed by atoms with Crippen molar-refractivity contribution in [3.05, 3.63) is 78.0 Å². The third-order valence-electron chi connectivity index (χ3n) is 3.97. The smallest absolute Gasteiger partial charge is 0.222 e. The summed E-state index contributed by atoms with van der Waals surface area (Å²) in [5, 5.41) is 1.01. The highest BCUT2D eigenvalue weighted by molar-refractivity contribution is 5.79. The molecule has 25 heavy (non-hydrogen) atoms. The van der Waals surface area contributed by atoms with Crippen LogP contribution in [0.25, 0.3) is 22.4 Å². The first-order chi connectivity index (χ1) is 12.2. The van der Waals surface area contributed by atoms with Crippen molar-refractivity contribution in [2.24, 2.45) is 0 Å². The van der Waals surface area contributed by atoms with Crippen LogP contribution in [0.4, 0.5) is 0 Å². The average molecular weight is 327 g/mol. The fourth-order valence-corrected chi connectivity index (χ4v) is 2.62. The van der Waals surface area contributed by atoms with E-state index in [0.717, 1.165) is 27.8 Å². The zero-order valence-corrected chi connectivity index (χ0v) is 14.1. The Kier molecular flexibility index (Phi) is 3.86. The number of aromatic nitrogens is 3. The lowest BCUT2D eigenvalue weighted by Crippen LogP contribution is -1.97. The Labute approximate surface area is 146 Å². The van der Waals surface area contributed by atoms with E-state index in [0.29, 0.717) is 17.4 Å². The first-order valence-corrected chi connectivity index (χ1v) is 8.13. The summed E-state index contributed by atoms with van der Waals surface area (Å²) in [7, 11) is 0. The summed E-state index contributed by atoms with van der Waals surface area (Å²) in [5.41, 5.74) is 3.70. The van der Waals surface area contributed by atoms with Crippen molar-refractivity contribution in [1.29, 1.82) is 0 Å². The van der Waals surface area contributed by atoms with Gasteiger partial charge >= 0.3 is 0 Å². The van der Waals surface area contributed by atoms with E-state index in [4.69, 9.17) is 4.74 Å². The van der Waals surface area contributed by atoms with Gasteiger partial charge in [-0.3, -0.25) is 0 Å². The van der Waals surface area contributed by atoms with Crippen molar-refractivity contribution in [2.75, 3.05) is 0 Å². The molecule has 0 atom stereocenters. The van der Waals surface area contributed by atoms with E-state index in [9.17, 15) is 0 Å². The lowest BCUT2D eigenvalue weighted by molar-refractivity contribution is 0.459. The van der Waals surface area contributed by atoms with E-state index in [1.807, 2.05) is 80.7 Å². The van der Waals surface area contributed by atoms with Gasteiger partial charge in [-0.05, 0) is 43.7 Å². The van der Waals surface area contributed by atoms with Gasteiger partial charge in [0.15, 0.2) is 5.82 Å². The number of pyridine rings is 1. The first kappa shape index (κ1) is 15.3. The Morgan fingerprint density at radius 2 is 1.72 bits per heavy atom. The minimum absolute atomic E-state index is 0.569. The molecule has 0 radical (unpaired) electrons. The Hall–Kier alpha value is -3.27. The van der Waals surface area contributed by atoms with Crippen molar-refractivity contribution >= 4 is 10.9 Å². The molecular formula is C21H17N3O. The van der Waals surface area contributed by atoms with Crippen LogP contribution < -0.4 is 4.74 Å². The Morgan fingerprint density at radius 1 is 0.840 bits per heavy atom. The molecule has 0 aliphatic carbocycles. The molecule has 2 aromatic carbocycles. The number of nitrogens with zero attached hydrogens (tertiary/aromatic N) is 3. The van der Waals surface area contributed by atoms with Crippen LogP contribution in [0.2, 0.25) is 0 Å². The highest BCUT2D eigenvalue weighted by Crippen LogP contribution is 2.26. The molecule has 0 spiro atoms. The van der Waals surface area contributed by atoms with Crippen molar-refractivity contribution in [3.8, 4) is 23.1 Å². The molecule has 4 aromatic rings. The van der Waals surface area contributed by atoms with Crippen LogP contribution in [-0.4, -0.2) is 15.0 Å². The number of para-hydroxylation sites is 1. The lowest BCUT2D eigenvalue weighted by atomic mass is 10.2. The van der Waals surface area contributed by atoms with Crippen molar-refractivity contribution in [3.63, 3.8) is 0 Å². The van der Waals surface area contributed by atoms with Gasteiger partial charge in [-0.1, -0.05) is 36.4 Å². The van der Waals surface area contributed by atoms with Gasteiger partial charge in [-0.15, -0.1) is 0 Å². The van der Waals surface area contributed by atoms with E-state index < -0.39 is 0 Å². The zero-order chi connectivity index (χ0) is 17.2. The standard InChI is InChI=1S/C21H17N3O/c1-14-6-5-8-17(12-14)25-21-15(2)10-11-19(24-21)20-22-13-16-7-3-4-9-18(16)23-20/h3-13H,1-2H3. The molecule has 0 aliphatic rings. The van der Waals surface area contributed by atoms with Gasteiger partial charge in [0.05, 0.1) is 5.52 Å². The van der Waals surface area contributed by atoms with Gasteiger partial charge in [-0.25, -0.2) is 15.0 Å². The largest absolute Gasteiger partial charge is 0.439 e. The highest BCUT2D eigenvalue weighted by atomic mass is 16.5. The molecule has 4 nitrogen and oxygen atoms in total. The second-order valence-electron chi connectivity index (χ2n) is 5.99. The van der Waals surface area contributed by atoms with Crippen LogP contribution in [0, 0.1) is 13.8 Å². The van der Waals surface area contributed by atoms with E-state index in [1.165, 1.54) is 0 Å². The predicted octanol–water partition coefficient (Wildman–Crippen LogP) is 5.10. The summed E-state index contributed by atoms with van der Waals surface area (Å²) >= 11 is 0. The van der Waals surface area contributed by atoms with Gasteiger partial charge in [-0.2, -0.15) is 0 Å². The number of rotatable bonds is 3. The zero-order valence-electron chi connectivity index (χ0n) is 14.1. The molecular weight excluding hydrogens is 310 g/mol. The fourth-order valence-electron chi connectivity index (χ4n) is 2.62. The molecule has 0 saturated heterocycles. The van der Waals surface area contributed by atoms with Crippen molar-refractivity contribution in [2.45, 2.75) is 13.8 Å². The maximum absolute atomic E-state index is 5.97. The molecule has 0 aliphatic heterocycles. The summed E-state index contributed by atoms with van der Waals surface area (Å²) in [5.74, 6) is 1.93. The van der Waals surface area contributed by atoms with Crippen LogP contribution in [0.5, 0.6) is 11.6 Å². The van der Waals surface area contributed by atoms with Crippen LogP contribution in [0.15, 0.2) is 66.9 Å². The number of benzene rings is 2. The van der Waals surface area contributed by atoms with E-state index >= 15 is 0 Å². The third-order valence-corrected chi connectivity index (χ3v) is 3.97. The Bertz CT molecular complexity index is 1060. The molecule has 122 valence electrons. The number of fused-ring (bicyclic) bond motifs is 1. The quantitative estimate of drug-likeness (QED) is 0.525. The fraction of sp³-hybridized carbons (Fsp3) is 0.0952. The highest BCUT2D eigenvalue weighted by Gasteiger charge is 2.10. The number of hydrogen-bond donors (Lipinski definition) is 0. The molecule has 0 saturated carbocycles. The second-order valence-corrected chi connectivity index (χ2v) is 5.99. The topological polar surface area (TPSA) is 47.9 Å². The Morgan fingerprint density at radius 3 is 2.60 bits per heavy atom. The summed E-state index contributed by atoms with van der Waals surface area (Å²) < 4.78 is 5.97. The van der Waals surface area contributed by atoms with Crippen molar-refractivity contribution < 1.29 is 4.74 Å². The predicted molar refractivity (Wildman–Crippen MR) is 98.8 cm³/mol. The number of aryl methyl sites for hydroxylation is 2. The van der Waals surface area contributed by atoms with E-state index in [-0.39, 0.29) is 0 Å². The Balaban J connectivity index is 1.73. The molecule has 2 heterocycles. The van der Waals surface area contributed by atoms with Crippen molar-refractivity contribution in [1.82, 2.24) is 15.0 Å². The lowest BCUT2D eigenvalue weighted by Gasteiger charge is -2.10. The van der Waals surface area contributed by atoms with Gasteiger partial charge in [0, 0.05) is 17.1 Å². The maximum atomic E-state index is 5.97. The van der Waals surface area contributed by atoms with Crippen LogP contribution in [0.1, 0.15) is 11.1 Å². The summed E-state index contributed by atoms with van der Waals surface area (Å²) in [4.78, 5) is 13.7. The molecule has 0 N–H and O–H groups in total. The minimum Gasteiger partial charge on any atom is -0.439 e. The van der Waals surface area contributed by atoms with Gasteiger partial charge < -0.3 is 4.74 Å². The van der Waals surface area contributed by atoms with Gasteiger partial charge in [0.25, 0.3) is 0 Å². The van der Waals surface area contributed by atoms with E-state index in [1.54, 1.807) is 0 Å². The summed E-state index contributed by atoms with van der Waals surface area (Å²) in [6.45, 7) is 4.01. The van der Waals surface area contributed by atoms with Crippen LogP contribution in [0.3, 0.4) is 0 Å². The summed E-state index contributed by atoms with van der Waals surface area (Å²) in [6, 6.07) is 19.7. The SMILES string of the molecule is Cc1cccc(Oc2nc(-c3ncc4ccccc4n3)ccc2C)c1. The van der Waals surface area contributed by atoms with E-state index in [2.05, 4.69) is 15.0 Å². The normalized spacial score (nSPS) is 10.8. The number of hydrogen-bond acceptors (Lipinski definition) is 4. The molecule has 0 amide bonds. The maximum Gasteiger partial charge on any atom is 0.222 e. The van der Waals surface area contributed by atoms with Gasteiger partial charge in [0.2, 0.25) is 5.88 Å². The second kappa shape index (κ2) is 6.32. The van der Waals surface area contributed by atoms with Gasteiger partial charge in [0.1, 0.15) is 11.4 Å². The van der Waals surface area contributed by atoms with Crippen LogP contribution in [-0.2, 0) is 0 Å². The monoisotopic (exact) mass is 327 g/mol. The minimum atomic E-state index is 0.569. The molecule has 4 rings (SSSR count). The molecule has 0 bridgehead atoms. The third kappa shape index (κ3) is 3.19. The summed E-state index contributed by atoms with van der Waals surface area (Å²) in [6.07, 6.45) is 1.82. The molecule has 0 unspecified atom stereocenters. The van der Waals surface area contributed by atoms with Crippen LogP contribution >= 0.6 is 0 Å². The molecule has 4 heteroatoms. The number of ether oxygens (including phenoxy) is 1.